The number of ether oxygens (including phenoxy) is 2. The van der Waals surface area contributed by atoms with E-state index >= 15 is 0 Å². The summed E-state index contributed by atoms with van der Waals surface area (Å²) >= 11 is 0. The molecule has 0 unspecified atom stereocenters. The Morgan fingerprint density at radius 3 is 2.92 bits per heavy atom. The van der Waals surface area contributed by atoms with Gasteiger partial charge in [0.15, 0.2) is 0 Å². The third-order valence-corrected chi connectivity index (χ3v) is 5.37. The number of methoxy groups -OCH3 is 1. The number of halogens is 1. The first-order valence-corrected chi connectivity index (χ1v) is 9.27. The van der Waals surface area contributed by atoms with E-state index in [-0.39, 0.29) is 11.9 Å². The molecule has 4 rings (SSSR count). The Labute approximate surface area is 152 Å². The first kappa shape index (κ1) is 17.6. The fourth-order valence-corrected chi connectivity index (χ4v) is 3.82. The van der Waals surface area contributed by atoms with Gasteiger partial charge in [-0.05, 0) is 31.4 Å². The molecule has 2 saturated heterocycles. The minimum absolute atomic E-state index is 0.125. The second-order valence-electron chi connectivity index (χ2n) is 7.05. The molecule has 26 heavy (non-hydrogen) atoms. The average molecular weight is 360 g/mol. The highest BCUT2D eigenvalue weighted by atomic mass is 19.1. The van der Waals surface area contributed by atoms with E-state index in [1.165, 1.54) is 12.1 Å². The molecule has 2 aliphatic heterocycles. The van der Waals surface area contributed by atoms with Gasteiger partial charge < -0.3 is 19.7 Å². The predicted octanol–water partition coefficient (Wildman–Crippen LogP) is 2.13. The number of anilines is 1. The Balaban J connectivity index is 1.37. The van der Waals surface area contributed by atoms with Crippen molar-refractivity contribution in [3.05, 3.63) is 30.2 Å². The van der Waals surface area contributed by atoms with Gasteiger partial charge in [0, 0.05) is 56.5 Å². The van der Waals surface area contributed by atoms with Crippen molar-refractivity contribution in [1.82, 2.24) is 15.3 Å². The molecule has 1 aromatic heterocycles. The molecule has 140 valence electrons. The Morgan fingerprint density at radius 1 is 1.27 bits per heavy atom. The lowest BCUT2D eigenvalue weighted by Crippen LogP contribution is -2.53. The van der Waals surface area contributed by atoms with Gasteiger partial charge in [0.1, 0.15) is 5.82 Å². The van der Waals surface area contributed by atoms with Crippen LogP contribution in [0.4, 0.5) is 10.3 Å². The molecular formula is C19H25FN4O2. The molecule has 0 amide bonds. The van der Waals surface area contributed by atoms with E-state index in [4.69, 9.17) is 9.47 Å². The summed E-state index contributed by atoms with van der Waals surface area (Å²) < 4.78 is 24.5. The zero-order valence-electron chi connectivity index (χ0n) is 15.0. The number of nitrogens with one attached hydrogen (secondary N) is 1. The number of piperidine rings is 1. The van der Waals surface area contributed by atoms with Gasteiger partial charge in [0.2, 0.25) is 5.95 Å². The molecular weight excluding hydrogens is 335 g/mol. The van der Waals surface area contributed by atoms with Gasteiger partial charge in [-0.25, -0.2) is 14.4 Å². The molecule has 0 saturated carbocycles. The number of nitrogens with zero attached hydrogens (tertiary/aromatic N) is 3. The quantitative estimate of drug-likeness (QED) is 0.901. The van der Waals surface area contributed by atoms with Crippen LogP contribution in [0, 0.1) is 5.82 Å². The lowest BCUT2D eigenvalue weighted by atomic mass is 10.00. The largest absolute Gasteiger partial charge is 0.379 e. The molecule has 1 aromatic carbocycles. The average Bonchev–Trinajstić information content (AvgIpc) is 2.68. The van der Waals surface area contributed by atoms with E-state index in [1.807, 2.05) is 0 Å². The molecule has 3 heterocycles. The van der Waals surface area contributed by atoms with Crippen molar-refractivity contribution in [2.75, 3.05) is 38.3 Å². The predicted molar refractivity (Wildman–Crippen MR) is 97.9 cm³/mol. The van der Waals surface area contributed by atoms with Crippen molar-refractivity contribution >= 4 is 16.9 Å². The number of hydrogen-bond acceptors (Lipinski definition) is 6. The molecule has 7 heteroatoms. The summed E-state index contributed by atoms with van der Waals surface area (Å²) in [5.74, 6) is 0.414. The van der Waals surface area contributed by atoms with Crippen LogP contribution in [0.25, 0.3) is 10.9 Å². The number of hydrogen-bond donors (Lipinski definition) is 1. The molecule has 6 nitrogen and oxygen atoms in total. The molecule has 0 spiro atoms. The minimum Gasteiger partial charge on any atom is -0.379 e. The molecule has 0 aliphatic carbocycles. The summed E-state index contributed by atoms with van der Waals surface area (Å²) in [5.41, 5.74) is 0.653. The van der Waals surface area contributed by atoms with Gasteiger partial charge in [0.25, 0.3) is 0 Å². The first-order valence-electron chi connectivity index (χ1n) is 9.27. The van der Waals surface area contributed by atoms with Crippen LogP contribution in [0.3, 0.4) is 0 Å². The van der Waals surface area contributed by atoms with Crippen LogP contribution in [0.1, 0.15) is 19.3 Å². The summed E-state index contributed by atoms with van der Waals surface area (Å²) in [6.45, 7) is 3.23. The van der Waals surface area contributed by atoms with Crippen molar-refractivity contribution in [3.63, 3.8) is 0 Å². The summed E-state index contributed by atoms with van der Waals surface area (Å²) in [5, 5.41) is 4.60. The van der Waals surface area contributed by atoms with Crippen molar-refractivity contribution < 1.29 is 13.9 Å². The van der Waals surface area contributed by atoms with Crippen molar-refractivity contribution in [2.24, 2.45) is 0 Å². The fraction of sp³-hybridized carbons (Fsp3) is 0.579. The molecule has 0 bridgehead atoms. The monoisotopic (exact) mass is 360 g/mol. The maximum absolute atomic E-state index is 13.4. The van der Waals surface area contributed by atoms with E-state index in [2.05, 4.69) is 20.2 Å². The molecule has 1 N–H and O–H groups in total. The van der Waals surface area contributed by atoms with Crippen molar-refractivity contribution in [1.29, 1.82) is 0 Å². The van der Waals surface area contributed by atoms with E-state index in [0.29, 0.717) is 30.2 Å². The second-order valence-corrected chi connectivity index (χ2v) is 7.05. The Morgan fingerprint density at radius 2 is 2.12 bits per heavy atom. The highest BCUT2D eigenvalue weighted by molar-refractivity contribution is 5.78. The summed E-state index contributed by atoms with van der Waals surface area (Å²) in [6, 6.07) is 5.43. The third kappa shape index (κ3) is 3.79. The van der Waals surface area contributed by atoms with Crippen LogP contribution in [-0.4, -0.2) is 61.6 Å². The van der Waals surface area contributed by atoms with Crippen LogP contribution in [-0.2, 0) is 9.47 Å². The SMILES string of the molecule is CO[C@@H]1COCC[C@H]1NC1CCN(c2ncc3ccc(F)cc3n2)CC1. The zero-order valence-corrected chi connectivity index (χ0v) is 15.0. The lowest BCUT2D eigenvalue weighted by molar-refractivity contribution is -0.0526. The Kier molecular flexibility index (Phi) is 5.28. The second kappa shape index (κ2) is 7.82. The van der Waals surface area contributed by atoms with Crippen molar-refractivity contribution in [2.45, 2.75) is 37.5 Å². The lowest BCUT2D eigenvalue weighted by Gasteiger charge is -2.38. The van der Waals surface area contributed by atoms with E-state index in [0.717, 1.165) is 44.3 Å². The highest BCUT2D eigenvalue weighted by Gasteiger charge is 2.29. The van der Waals surface area contributed by atoms with E-state index in [1.54, 1.807) is 19.4 Å². The summed E-state index contributed by atoms with van der Waals surface area (Å²) in [6.07, 6.45) is 4.93. The number of fused-ring (bicyclic) bond motifs is 1. The molecule has 2 atom stereocenters. The van der Waals surface area contributed by atoms with E-state index in [9.17, 15) is 4.39 Å². The van der Waals surface area contributed by atoms with Crippen LogP contribution < -0.4 is 10.2 Å². The maximum atomic E-state index is 13.4. The third-order valence-electron chi connectivity index (χ3n) is 5.37. The molecule has 0 radical (unpaired) electrons. The van der Waals surface area contributed by atoms with Crippen LogP contribution >= 0.6 is 0 Å². The van der Waals surface area contributed by atoms with Gasteiger partial charge in [-0.3, -0.25) is 0 Å². The minimum atomic E-state index is -0.269. The van der Waals surface area contributed by atoms with Gasteiger partial charge >= 0.3 is 0 Å². The number of rotatable bonds is 4. The number of aromatic nitrogens is 2. The Bertz CT molecular complexity index is 751. The van der Waals surface area contributed by atoms with Gasteiger partial charge in [-0.15, -0.1) is 0 Å². The Hall–Kier alpha value is -1.83. The molecule has 2 aromatic rings. The zero-order chi connectivity index (χ0) is 17.9. The maximum Gasteiger partial charge on any atom is 0.225 e. The van der Waals surface area contributed by atoms with E-state index < -0.39 is 0 Å². The fourth-order valence-electron chi connectivity index (χ4n) is 3.82. The van der Waals surface area contributed by atoms with Crippen LogP contribution in [0.15, 0.2) is 24.4 Å². The number of benzene rings is 1. The van der Waals surface area contributed by atoms with Gasteiger partial charge in [-0.1, -0.05) is 0 Å². The van der Waals surface area contributed by atoms with Gasteiger partial charge in [0.05, 0.1) is 18.2 Å². The van der Waals surface area contributed by atoms with Crippen molar-refractivity contribution in [3.8, 4) is 0 Å². The first-order chi connectivity index (χ1) is 12.7. The topological polar surface area (TPSA) is 59.5 Å². The highest BCUT2D eigenvalue weighted by Crippen LogP contribution is 2.21. The summed E-state index contributed by atoms with van der Waals surface area (Å²) in [7, 11) is 1.75. The molecule has 2 fully saturated rings. The van der Waals surface area contributed by atoms with Crippen LogP contribution in [0.2, 0.25) is 0 Å². The molecule has 2 aliphatic rings. The smallest absolute Gasteiger partial charge is 0.225 e. The standard InChI is InChI=1S/C19H25FN4O2/c1-25-18-12-26-9-6-16(18)22-15-4-7-24(8-5-15)19-21-11-13-2-3-14(20)10-17(13)23-19/h2-3,10-11,15-16,18,22H,4-9,12H2,1H3/t16-,18-/m1/s1. The normalized spacial score (nSPS) is 24.9. The summed E-state index contributed by atoms with van der Waals surface area (Å²) in [4.78, 5) is 11.2. The van der Waals surface area contributed by atoms with Crippen LogP contribution in [0.5, 0.6) is 0 Å². The van der Waals surface area contributed by atoms with Gasteiger partial charge in [-0.2, -0.15) is 0 Å².